The maximum absolute atomic E-state index is 5.20. The third-order valence-electron chi connectivity index (χ3n) is 4.09. The van der Waals surface area contributed by atoms with Gasteiger partial charge < -0.3 is 4.74 Å². The third-order valence-corrected chi connectivity index (χ3v) is 4.09. The van der Waals surface area contributed by atoms with Crippen LogP contribution in [0.2, 0.25) is 0 Å². The predicted molar refractivity (Wildman–Crippen MR) is 65.8 cm³/mol. The van der Waals surface area contributed by atoms with E-state index in [1.165, 1.54) is 31.2 Å². The highest BCUT2D eigenvalue weighted by atomic mass is 16.5. The molecule has 0 bridgehead atoms. The van der Waals surface area contributed by atoms with Crippen LogP contribution >= 0.6 is 0 Å². The van der Waals surface area contributed by atoms with E-state index in [0.717, 1.165) is 17.6 Å². The van der Waals surface area contributed by atoms with E-state index in [4.69, 9.17) is 4.74 Å². The Morgan fingerprint density at radius 3 is 2.62 bits per heavy atom. The lowest BCUT2D eigenvalue weighted by Gasteiger charge is -2.42. The van der Waals surface area contributed by atoms with Crippen molar-refractivity contribution in [1.29, 1.82) is 0 Å². The molecule has 0 saturated heterocycles. The van der Waals surface area contributed by atoms with E-state index in [0.29, 0.717) is 0 Å². The summed E-state index contributed by atoms with van der Waals surface area (Å²) in [7, 11) is 1.72. The van der Waals surface area contributed by atoms with Crippen LogP contribution in [-0.2, 0) is 0 Å². The van der Waals surface area contributed by atoms with Gasteiger partial charge in [-0.25, -0.2) is 0 Å². The molecule has 0 amide bonds. The Balaban J connectivity index is 1.78. The molecule has 0 N–H and O–H groups in total. The van der Waals surface area contributed by atoms with Gasteiger partial charge in [0.25, 0.3) is 0 Å². The lowest BCUT2D eigenvalue weighted by atomic mass is 9.62. The molecule has 1 fully saturated rings. The van der Waals surface area contributed by atoms with Crippen molar-refractivity contribution < 1.29 is 4.74 Å². The first-order valence-electron chi connectivity index (χ1n) is 6.21. The van der Waals surface area contributed by atoms with Gasteiger partial charge >= 0.3 is 0 Å². The summed E-state index contributed by atoms with van der Waals surface area (Å²) in [5.74, 6) is 2.59. The van der Waals surface area contributed by atoms with E-state index in [1.54, 1.807) is 12.7 Å². The molecule has 2 aliphatic carbocycles. The number of ether oxygens (including phenoxy) is 1. The van der Waals surface area contributed by atoms with Gasteiger partial charge in [0.15, 0.2) is 0 Å². The van der Waals surface area contributed by atoms with Crippen LogP contribution in [0.4, 0.5) is 0 Å². The van der Waals surface area contributed by atoms with Gasteiger partial charge in [-0.1, -0.05) is 23.8 Å². The molecule has 16 heavy (non-hydrogen) atoms. The first-order valence-corrected chi connectivity index (χ1v) is 6.21. The number of allylic oxidation sites excluding steroid dienone is 2. The molecule has 2 atom stereocenters. The quantitative estimate of drug-likeness (QED) is 0.678. The average Bonchev–Trinajstić information content (AvgIpc) is 2.32. The normalized spacial score (nSPS) is 27.7. The highest BCUT2D eigenvalue weighted by Gasteiger charge is 2.37. The molecule has 0 aromatic heterocycles. The summed E-state index contributed by atoms with van der Waals surface area (Å²) in [6.45, 7) is 0. The van der Waals surface area contributed by atoms with Gasteiger partial charge in [-0.05, 0) is 55.2 Å². The van der Waals surface area contributed by atoms with Crippen LogP contribution in [0, 0.1) is 5.92 Å². The smallest absolute Gasteiger partial charge is 0.118 e. The summed E-state index contributed by atoms with van der Waals surface area (Å²) in [6.07, 6.45) is 7.83. The minimum atomic E-state index is 0.775. The van der Waals surface area contributed by atoms with Gasteiger partial charge in [0.05, 0.1) is 7.11 Å². The molecule has 2 aliphatic rings. The van der Waals surface area contributed by atoms with Crippen molar-refractivity contribution in [1.82, 2.24) is 0 Å². The van der Waals surface area contributed by atoms with Crippen molar-refractivity contribution in [2.75, 3.05) is 7.11 Å². The zero-order valence-corrected chi connectivity index (χ0v) is 9.78. The third kappa shape index (κ3) is 1.55. The van der Waals surface area contributed by atoms with E-state index in [-0.39, 0.29) is 0 Å². The molecule has 0 unspecified atom stereocenters. The van der Waals surface area contributed by atoms with Crippen molar-refractivity contribution in [3.8, 4) is 5.75 Å². The Morgan fingerprint density at radius 2 is 1.94 bits per heavy atom. The molecular formula is C15H18O. The van der Waals surface area contributed by atoms with Gasteiger partial charge in [0.1, 0.15) is 5.75 Å². The summed E-state index contributed by atoms with van der Waals surface area (Å²) in [5, 5.41) is 0. The molecule has 1 aromatic rings. The number of hydrogen-bond acceptors (Lipinski definition) is 1. The second-order valence-corrected chi connectivity index (χ2v) is 4.90. The van der Waals surface area contributed by atoms with Crippen LogP contribution in [0.3, 0.4) is 0 Å². The molecule has 0 spiro atoms. The first kappa shape index (κ1) is 9.95. The lowest BCUT2D eigenvalue weighted by molar-refractivity contribution is 0.322. The fourth-order valence-electron chi connectivity index (χ4n) is 3.09. The number of benzene rings is 1. The van der Waals surface area contributed by atoms with Gasteiger partial charge in [-0.15, -0.1) is 0 Å². The maximum Gasteiger partial charge on any atom is 0.118 e. The van der Waals surface area contributed by atoms with Crippen molar-refractivity contribution in [2.24, 2.45) is 5.92 Å². The van der Waals surface area contributed by atoms with Crippen LogP contribution in [-0.4, -0.2) is 7.11 Å². The topological polar surface area (TPSA) is 9.23 Å². The van der Waals surface area contributed by atoms with Crippen LogP contribution in [0.5, 0.6) is 5.75 Å². The Labute approximate surface area is 97.1 Å². The van der Waals surface area contributed by atoms with Crippen LogP contribution < -0.4 is 4.74 Å². The molecule has 1 saturated carbocycles. The zero-order chi connectivity index (χ0) is 11.0. The Kier molecular flexibility index (Phi) is 2.47. The predicted octanol–water partition coefficient (Wildman–Crippen LogP) is 3.91. The SMILES string of the molecule is COc1ccc([C@@H]2CC3=CCCC[C@@H]32)cc1. The summed E-state index contributed by atoms with van der Waals surface area (Å²) in [6, 6.07) is 8.63. The van der Waals surface area contributed by atoms with E-state index >= 15 is 0 Å². The minimum absolute atomic E-state index is 0.775. The van der Waals surface area contributed by atoms with Crippen molar-refractivity contribution >= 4 is 0 Å². The number of fused-ring (bicyclic) bond motifs is 1. The molecule has 3 rings (SSSR count). The van der Waals surface area contributed by atoms with Crippen LogP contribution in [0.25, 0.3) is 0 Å². The Bertz CT molecular complexity index is 402. The molecule has 0 radical (unpaired) electrons. The standard InChI is InChI=1S/C15H18O/c1-16-13-8-6-11(7-9-13)15-10-12-4-2-3-5-14(12)15/h4,6-9,14-15H,2-3,5,10H2,1H3/t14-,15-/m0/s1. The molecule has 1 heteroatoms. The summed E-state index contributed by atoms with van der Waals surface area (Å²) in [5.41, 5.74) is 3.21. The summed E-state index contributed by atoms with van der Waals surface area (Å²) < 4.78 is 5.20. The van der Waals surface area contributed by atoms with Gasteiger partial charge in [0.2, 0.25) is 0 Å². The second-order valence-electron chi connectivity index (χ2n) is 4.90. The van der Waals surface area contributed by atoms with Gasteiger partial charge in [-0.2, -0.15) is 0 Å². The zero-order valence-electron chi connectivity index (χ0n) is 9.78. The van der Waals surface area contributed by atoms with Gasteiger partial charge in [0, 0.05) is 0 Å². The highest BCUT2D eigenvalue weighted by Crippen LogP contribution is 2.51. The molecule has 0 heterocycles. The number of rotatable bonds is 2. The van der Waals surface area contributed by atoms with Crippen LogP contribution in [0.15, 0.2) is 35.9 Å². The lowest BCUT2D eigenvalue weighted by Crippen LogP contribution is -2.28. The van der Waals surface area contributed by atoms with E-state index < -0.39 is 0 Å². The minimum Gasteiger partial charge on any atom is -0.497 e. The maximum atomic E-state index is 5.20. The fraction of sp³-hybridized carbons (Fsp3) is 0.467. The fourth-order valence-corrected chi connectivity index (χ4v) is 3.09. The number of methoxy groups -OCH3 is 1. The van der Waals surface area contributed by atoms with Crippen LogP contribution in [0.1, 0.15) is 37.2 Å². The Morgan fingerprint density at radius 1 is 1.12 bits per heavy atom. The summed E-state index contributed by atoms with van der Waals surface area (Å²) in [4.78, 5) is 0. The highest BCUT2D eigenvalue weighted by molar-refractivity contribution is 5.37. The van der Waals surface area contributed by atoms with Gasteiger partial charge in [-0.3, -0.25) is 0 Å². The van der Waals surface area contributed by atoms with Crippen molar-refractivity contribution in [3.05, 3.63) is 41.5 Å². The molecule has 1 aromatic carbocycles. The molecule has 1 nitrogen and oxygen atoms in total. The molecule has 0 aliphatic heterocycles. The number of hydrogen-bond donors (Lipinski definition) is 0. The van der Waals surface area contributed by atoms with Crippen molar-refractivity contribution in [2.45, 2.75) is 31.6 Å². The van der Waals surface area contributed by atoms with Crippen molar-refractivity contribution in [3.63, 3.8) is 0 Å². The van der Waals surface area contributed by atoms with E-state index in [2.05, 4.69) is 30.3 Å². The Hall–Kier alpha value is -1.24. The van der Waals surface area contributed by atoms with E-state index in [1.807, 2.05) is 0 Å². The largest absolute Gasteiger partial charge is 0.497 e. The van der Waals surface area contributed by atoms with E-state index in [9.17, 15) is 0 Å². The molecule has 84 valence electrons. The average molecular weight is 214 g/mol. The summed E-state index contributed by atoms with van der Waals surface area (Å²) >= 11 is 0. The molecular weight excluding hydrogens is 196 g/mol. The first-order chi connectivity index (χ1) is 7.88. The monoisotopic (exact) mass is 214 g/mol. The second kappa shape index (κ2) is 3.97.